The Labute approximate surface area is 193 Å². The predicted octanol–water partition coefficient (Wildman–Crippen LogP) is 3.98. The van der Waals surface area contributed by atoms with E-state index in [-0.39, 0.29) is 35.8 Å². The molecule has 1 saturated heterocycles. The van der Waals surface area contributed by atoms with Crippen molar-refractivity contribution < 1.29 is 8.91 Å². The molecule has 1 aliphatic heterocycles. The molecule has 0 saturated carbocycles. The van der Waals surface area contributed by atoms with Crippen molar-refractivity contribution in [1.29, 1.82) is 0 Å². The highest BCUT2D eigenvalue weighted by molar-refractivity contribution is 14.0. The molecule has 9 heteroatoms. The minimum absolute atomic E-state index is 0. The number of piperidine rings is 1. The summed E-state index contributed by atoms with van der Waals surface area (Å²) in [4.78, 5) is 6.64. The molecule has 2 aromatic rings. The highest BCUT2D eigenvalue weighted by Crippen LogP contribution is 2.21. The second kappa shape index (κ2) is 11.7. The third kappa shape index (κ3) is 7.11. The SMILES string of the molecule is CCc1cc(CNC(=NC)NC2CCCN(Cc3ccc(F)cc3Cl)C2)on1.I. The normalized spacial score (nSPS) is 17.7. The number of aliphatic imine (C=N–C) groups is 1. The molecule has 1 aliphatic rings. The molecule has 2 heterocycles. The number of nitrogens with one attached hydrogen (secondary N) is 2. The number of rotatable bonds is 6. The second-order valence-corrected chi connectivity index (χ2v) is 7.43. The Morgan fingerprint density at radius 2 is 2.24 bits per heavy atom. The standard InChI is InChI=1S/C20H27ClFN5O.HI/c1-3-16-10-18(28-26-16)11-24-20(23-2)25-17-5-4-8-27(13-17)12-14-6-7-15(22)9-19(14)21;/h6-7,9-10,17H,3-5,8,11-13H2,1-2H3,(H2,23,24,25);1H. The molecule has 0 radical (unpaired) electrons. The van der Waals surface area contributed by atoms with Gasteiger partial charge in [0.15, 0.2) is 11.7 Å². The van der Waals surface area contributed by atoms with Crippen molar-refractivity contribution in [2.75, 3.05) is 20.1 Å². The van der Waals surface area contributed by atoms with Gasteiger partial charge in [0.25, 0.3) is 0 Å². The van der Waals surface area contributed by atoms with Gasteiger partial charge in [-0.2, -0.15) is 0 Å². The molecular formula is C20H28ClFIN5O. The number of nitrogens with zero attached hydrogens (tertiary/aromatic N) is 3. The third-order valence-electron chi connectivity index (χ3n) is 4.88. The summed E-state index contributed by atoms with van der Waals surface area (Å²) in [7, 11) is 1.76. The average Bonchev–Trinajstić information content (AvgIpc) is 3.16. The largest absolute Gasteiger partial charge is 0.359 e. The van der Waals surface area contributed by atoms with Gasteiger partial charge < -0.3 is 15.2 Å². The van der Waals surface area contributed by atoms with Gasteiger partial charge in [0.1, 0.15) is 5.82 Å². The lowest BCUT2D eigenvalue weighted by Gasteiger charge is -2.34. The topological polar surface area (TPSA) is 65.7 Å². The maximum Gasteiger partial charge on any atom is 0.191 e. The number of likely N-dealkylation sites (tertiary alicyclic amines) is 1. The number of halogens is 3. The molecule has 1 atom stereocenters. The molecule has 0 aliphatic carbocycles. The lowest BCUT2D eigenvalue weighted by atomic mass is 10.0. The maximum absolute atomic E-state index is 13.2. The van der Waals surface area contributed by atoms with Crippen LogP contribution in [0.25, 0.3) is 0 Å². The number of aryl methyl sites for hydroxylation is 1. The summed E-state index contributed by atoms with van der Waals surface area (Å²) in [6.45, 7) is 5.16. The zero-order valence-corrected chi connectivity index (χ0v) is 19.8. The first-order chi connectivity index (χ1) is 13.6. The Bertz CT molecular complexity index is 816. The average molecular weight is 536 g/mol. The van der Waals surface area contributed by atoms with Crippen LogP contribution < -0.4 is 10.6 Å². The van der Waals surface area contributed by atoms with Crippen LogP contribution in [0.3, 0.4) is 0 Å². The van der Waals surface area contributed by atoms with Gasteiger partial charge in [0.05, 0.1) is 12.2 Å². The molecular weight excluding hydrogens is 508 g/mol. The van der Waals surface area contributed by atoms with E-state index in [4.69, 9.17) is 16.1 Å². The molecule has 1 fully saturated rings. The van der Waals surface area contributed by atoms with Crippen LogP contribution in [0.15, 0.2) is 33.8 Å². The monoisotopic (exact) mass is 535 g/mol. The van der Waals surface area contributed by atoms with Crippen LogP contribution in [0.1, 0.15) is 36.8 Å². The number of aromatic nitrogens is 1. The van der Waals surface area contributed by atoms with E-state index in [9.17, 15) is 4.39 Å². The smallest absolute Gasteiger partial charge is 0.191 e. The minimum atomic E-state index is -0.306. The Balaban J connectivity index is 0.00000300. The van der Waals surface area contributed by atoms with E-state index in [1.54, 1.807) is 13.1 Å². The molecule has 3 rings (SSSR count). The van der Waals surface area contributed by atoms with Crippen LogP contribution in [0.2, 0.25) is 5.02 Å². The van der Waals surface area contributed by atoms with Crippen molar-refractivity contribution >= 4 is 41.5 Å². The van der Waals surface area contributed by atoms with Crippen molar-refractivity contribution in [1.82, 2.24) is 20.7 Å². The Morgan fingerprint density at radius 1 is 1.41 bits per heavy atom. The first kappa shape index (κ1) is 23.9. The van der Waals surface area contributed by atoms with E-state index in [1.165, 1.54) is 12.1 Å². The van der Waals surface area contributed by atoms with Gasteiger partial charge in [-0.15, -0.1) is 24.0 Å². The summed E-state index contributed by atoms with van der Waals surface area (Å²) in [6.07, 6.45) is 3.00. The zero-order valence-electron chi connectivity index (χ0n) is 16.8. The highest BCUT2D eigenvalue weighted by atomic mass is 127. The van der Waals surface area contributed by atoms with Gasteiger partial charge in [-0.05, 0) is 43.5 Å². The molecule has 0 spiro atoms. The zero-order chi connectivity index (χ0) is 19.9. The van der Waals surface area contributed by atoms with Crippen molar-refractivity contribution in [3.05, 3.63) is 52.1 Å². The fourth-order valence-corrected chi connectivity index (χ4v) is 3.60. The van der Waals surface area contributed by atoms with E-state index in [0.29, 0.717) is 18.1 Å². The summed E-state index contributed by atoms with van der Waals surface area (Å²) < 4.78 is 18.5. The van der Waals surface area contributed by atoms with Crippen molar-refractivity contribution in [2.45, 2.75) is 45.3 Å². The predicted molar refractivity (Wildman–Crippen MR) is 124 cm³/mol. The summed E-state index contributed by atoms with van der Waals surface area (Å²) in [6, 6.07) is 6.82. The maximum atomic E-state index is 13.2. The van der Waals surface area contributed by atoms with E-state index in [2.05, 4.69) is 25.7 Å². The molecule has 1 aromatic carbocycles. The number of hydrogen-bond donors (Lipinski definition) is 2. The van der Waals surface area contributed by atoms with E-state index >= 15 is 0 Å². The van der Waals surface area contributed by atoms with E-state index in [1.807, 2.05) is 13.0 Å². The van der Waals surface area contributed by atoms with Crippen molar-refractivity contribution in [3.8, 4) is 0 Å². The molecule has 0 bridgehead atoms. The van der Waals surface area contributed by atoms with E-state index in [0.717, 1.165) is 55.3 Å². The lowest BCUT2D eigenvalue weighted by Crippen LogP contribution is -2.50. The Morgan fingerprint density at radius 3 is 2.93 bits per heavy atom. The molecule has 29 heavy (non-hydrogen) atoms. The van der Waals surface area contributed by atoms with Crippen molar-refractivity contribution in [3.63, 3.8) is 0 Å². The van der Waals surface area contributed by atoms with Crippen LogP contribution >= 0.6 is 35.6 Å². The second-order valence-electron chi connectivity index (χ2n) is 7.02. The van der Waals surface area contributed by atoms with Gasteiger partial charge in [-0.25, -0.2) is 4.39 Å². The van der Waals surface area contributed by atoms with Crippen molar-refractivity contribution in [2.24, 2.45) is 4.99 Å². The summed E-state index contributed by atoms with van der Waals surface area (Å²) >= 11 is 6.18. The summed E-state index contributed by atoms with van der Waals surface area (Å²) in [5, 5.41) is 11.2. The molecule has 160 valence electrons. The molecule has 1 unspecified atom stereocenters. The van der Waals surface area contributed by atoms with Crippen LogP contribution in [0, 0.1) is 5.82 Å². The first-order valence-corrected chi connectivity index (χ1v) is 10.0. The van der Waals surface area contributed by atoms with Gasteiger partial charge in [0.2, 0.25) is 0 Å². The molecule has 1 aromatic heterocycles. The van der Waals surface area contributed by atoms with E-state index < -0.39 is 0 Å². The van der Waals surface area contributed by atoms with Crippen LogP contribution in [0.5, 0.6) is 0 Å². The fourth-order valence-electron chi connectivity index (χ4n) is 3.37. The first-order valence-electron chi connectivity index (χ1n) is 9.65. The number of hydrogen-bond acceptors (Lipinski definition) is 4. The Hall–Kier alpha value is -1.39. The Kier molecular flexibility index (Phi) is 9.64. The number of benzene rings is 1. The van der Waals surface area contributed by atoms with Gasteiger partial charge in [-0.3, -0.25) is 9.89 Å². The molecule has 2 N–H and O–H groups in total. The molecule has 0 amide bonds. The van der Waals surface area contributed by atoms with Gasteiger partial charge in [0, 0.05) is 37.3 Å². The van der Waals surface area contributed by atoms with Crippen LogP contribution in [-0.4, -0.2) is 42.2 Å². The summed E-state index contributed by atoms with van der Waals surface area (Å²) in [5.41, 5.74) is 1.89. The minimum Gasteiger partial charge on any atom is -0.359 e. The fraction of sp³-hybridized carbons (Fsp3) is 0.500. The highest BCUT2D eigenvalue weighted by Gasteiger charge is 2.21. The third-order valence-corrected chi connectivity index (χ3v) is 5.23. The lowest BCUT2D eigenvalue weighted by molar-refractivity contribution is 0.192. The van der Waals surface area contributed by atoms with Crippen LogP contribution in [-0.2, 0) is 19.5 Å². The molecule has 6 nitrogen and oxygen atoms in total. The van der Waals surface area contributed by atoms with Crippen LogP contribution in [0.4, 0.5) is 4.39 Å². The quantitative estimate of drug-likeness (QED) is 0.333. The van der Waals surface area contributed by atoms with Gasteiger partial charge >= 0.3 is 0 Å². The van der Waals surface area contributed by atoms with Gasteiger partial charge in [-0.1, -0.05) is 29.7 Å². The summed E-state index contributed by atoms with van der Waals surface area (Å²) in [5.74, 6) is 1.22. The number of guanidine groups is 1.